The number of aromatic nitrogens is 1. The van der Waals surface area contributed by atoms with Crippen molar-refractivity contribution in [2.45, 2.75) is 0 Å². The molecule has 0 saturated carbocycles. The smallest absolute Gasteiger partial charge is 0.254 e. The summed E-state index contributed by atoms with van der Waals surface area (Å²) in [6.07, 6.45) is 0. The second kappa shape index (κ2) is 5.65. The van der Waals surface area contributed by atoms with E-state index in [9.17, 15) is 4.79 Å². The molecular formula is C18H18BrN3O. The Hall–Kier alpha value is -1.85. The summed E-state index contributed by atoms with van der Waals surface area (Å²) in [5.74, 6) is 0.123. The summed E-state index contributed by atoms with van der Waals surface area (Å²) in [7, 11) is 2.09. The molecule has 4 nitrogen and oxygen atoms in total. The second-order valence-corrected chi connectivity index (χ2v) is 7.00. The topological polar surface area (TPSA) is 39.3 Å². The van der Waals surface area contributed by atoms with Crippen LogP contribution in [0.15, 0.2) is 40.9 Å². The minimum Gasteiger partial charge on any atom is -0.354 e. The van der Waals surface area contributed by atoms with E-state index >= 15 is 0 Å². The molecule has 0 aliphatic carbocycles. The van der Waals surface area contributed by atoms with Gasteiger partial charge in [0.25, 0.3) is 5.91 Å². The van der Waals surface area contributed by atoms with Gasteiger partial charge in [-0.05, 0) is 31.3 Å². The van der Waals surface area contributed by atoms with E-state index in [2.05, 4.69) is 38.9 Å². The first-order valence-electron chi connectivity index (χ1n) is 7.81. The molecule has 3 aromatic rings. The lowest BCUT2D eigenvalue weighted by molar-refractivity contribution is 0.0664. The lowest BCUT2D eigenvalue weighted by Gasteiger charge is -2.32. The van der Waals surface area contributed by atoms with Crippen LogP contribution in [0.1, 0.15) is 10.4 Å². The molecule has 0 unspecified atom stereocenters. The van der Waals surface area contributed by atoms with Crippen LogP contribution >= 0.6 is 15.9 Å². The van der Waals surface area contributed by atoms with Gasteiger partial charge < -0.3 is 14.8 Å². The maximum absolute atomic E-state index is 12.7. The predicted molar refractivity (Wildman–Crippen MR) is 96.9 cm³/mol. The molecule has 0 atom stereocenters. The zero-order valence-electron chi connectivity index (χ0n) is 13.0. The lowest BCUT2D eigenvalue weighted by atomic mass is 10.1. The van der Waals surface area contributed by atoms with Gasteiger partial charge >= 0.3 is 0 Å². The average Bonchev–Trinajstić information content (AvgIpc) is 2.93. The molecule has 2 heterocycles. The number of halogens is 1. The number of amides is 1. The van der Waals surface area contributed by atoms with Crippen molar-refractivity contribution in [3.05, 3.63) is 46.4 Å². The number of rotatable bonds is 1. The Labute approximate surface area is 143 Å². The van der Waals surface area contributed by atoms with Gasteiger partial charge in [-0.25, -0.2) is 0 Å². The molecule has 0 spiro atoms. The molecule has 0 radical (unpaired) electrons. The third-order valence-electron chi connectivity index (χ3n) is 4.61. The van der Waals surface area contributed by atoms with E-state index in [1.54, 1.807) is 0 Å². The third kappa shape index (κ3) is 2.54. The van der Waals surface area contributed by atoms with E-state index in [0.717, 1.165) is 52.6 Å². The Morgan fingerprint density at radius 2 is 1.87 bits per heavy atom. The third-order valence-corrected chi connectivity index (χ3v) is 5.27. The Morgan fingerprint density at radius 1 is 1.09 bits per heavy atom. The number of H-pyrrole nitrogens is 1. The van der Waals surface area contributed by atoms with Crippen LogP contribution < -0.4 is 0 Å². The van der Waals surface area contributed by atoms with Gasteiger partial charge in [-0.2, -0.15) is 0 Å². The molecule has 0 bridgehead atoms. The first-order chi connectivity index (χ1) is 11.1. The highest BCUT2D eigenvalue weighted by molar-refractivity contribution is 9.10. The van der Waals surface area contributed by atoms with Gasteiger partial charge in [-0.3, -0.25) is 4.79 Å². The van der Waals surface area contributed by atoms with Crippen molar-refractivity contribution in [1.29, 1.82) is 0 Å². The molecule has 5 heteroatoms. The van der Waals surface area contributed by atoms with Crippen molar-refractivity contribution in [2.24, 2.45) is 0 Å². The minimum atomic E-state index is 0.123. The fraction of sp³-hybridized carbons (Fsp3) is 0.278. The number of nitrogens with zero attached hydrogens (tertiary/aromatic N) is 2. The summed E-state index contributed by atoms with van der Waals surface area (Å²) in [4.78, 5) is 20.3. The Morgan fingerprint density at radius 3 is 2.65 bits per heavy atom. The molecule has 1 saturated heterocycles. The molecule has 1 fully saturated rings. The molecule has 1 N–H and O–H groups in total. The van der Waals surface area contributed by atoms with Crippen molar-refractivity contribution in [3.8, 4) is 0 Å². The zero-order valence-corrected chi connectivity index (χ0v) is 14.6. The average molecular weight is 372 g/mol. The van der Waals surface area contributed by atoms with Crippen LogP contribution in [-0.4, -0.2) is 53.9 Å². The Bertz CT molecular complexity index is 894. The van der Waals surface area contributed by atoms with Gasteiger partial charge in [0.1, 0.15) is 0 Å². The summed E-state index contributed by atoms with van der Waals surface area (Å²) >= 11 is 3.61. The van der Waals surface area contributed by atoms with Crippen LogP contribution in [-0.2, 0) is 0 Å². The standard InChI is InChI=1S/C18H18BrN3O/c1-21-7-9-22(10-8-21)18(23)12-5-6-13-16(11-12)20-15-4-2-3-14(19)17(13)15/h2-6,11,20H,7-10H2,1H3. The highest BCUT2D eigenvalue weighted by Crippen LogP contribution is 2.32. The quantitative estimate of drug-likeness (QED) is 0.711. The number of hydrogen-bond acceptors (Lipinski definition) is 2. The van der Waals surface area contributed by atoms with Gasteiger partial charge in [0.15, 0.2) is 0 Å². The number of likely N-dealkylation sites (N-methyl/N-ethyl adjacent to an activating group) is 1. The van der Waals surface area contributed by atoms with E-state index in [4.69, 9.17) is 0 Å². The van der Waals surface area contributed by atoms with Crippen molar-refractivity contribution in [1.82, 2.24) is 14.8 Å². The lowest BCUT2D eigenvalue weighted by Crippen LogP contribution is -2.47. The van der Waals surface area contributed by atoms with E-state index in [1.165, 1.54) is 5.39 Å². The molecule has 1 amide bonds. The highest BCUT2D eigenvalue weighted by atomic mass is 79.9. The number of carbonyl (C=O) groups is 1. The fourth-order valence-corrected chi connectivity index (χ4v) is 3.82. The predicted octanol–water partition coefficient (Wildman–Crippen LogP) is 3.47. The number of carbonyl (C=O) groups excluding carboxylic acids is 1. The van der Waals surface area contributed by atoms with Crippen molar-refractivity contribution in [3.63, 3.8) is 0 Å². The van der Waals surface area contributed by atoms with E-state index in [0.29, 0.717) is 0 Å². The van der Waals surface area contributed by atoms with Gasteiger partial charge in [0.05, 0.1) is 0 Å². The number of aromatic amines is 1. The Balaban J connectivity index is 1.73. The molecule has 23 heavy (non-hydrogen) atoms. The van der Waals surface area contributed by atoms with Crippen LogP contribution in [0.2, 0.25) is 0 Å². The van der Waals surface area contributed by atoms with E-state index in [1.807, 2.05) is 35.2 Å². The summed E-state index contributed by atoms with van der Waals surface area (Å²) in [5.41, 5.74) is 2.84. The van der Waals surface area contributed by atoms with Crippen LogP contribution in [0.3, 0.4) is 0 Å². The Kier molecular flexibility index (Phi) is 3.62. The summed E-state index contributed by atoms with van der Waals surface area (Å²) in [6.45, 7) is 3.47. The number of nitrogens with one attached hydrogen (secondary N) is 1. The minimum absolute atomic E-state index is 0.123. The normalized spacial score (nSPS) is 16.3. The number of benzene rings is 2. The molecular weight excluding hydrogens is 354 g/mol. The molecule has 1 aliphatic heterocycles. The number of piperazine rings is 1. The van der Waals surface area contributed by atoms with Crippen LogP contribution in [0, 0.1) is 0 Å². The first kappa shape index (κ1) is 14.7. The zero-order chi connectivity index (χ0) is 16.0. The van der Waals surface area contributed by atoms with Crippen LogP contribution in [0.4, 0.5) is 0 Å². The number of fused-ring (bicyclic) bond motifs is 3. The summed E-state index contributed by atoms with van der Waals surface area (Å²) < 4.78 is 1.07. The van der Waals surface area contributed by atoms with Crippen molar-refractivity contribution >= 4 is 43.6 Å². The fourth-order valence-electron chi connectivity index (χ4n) is 3.24. The van der Waals surface area contributed by atoms with Crippen molar-refractivity contribution < 1.29 is 4.79 Å². The highest BCUT2D eigenvalue weighted by Gasteiger charge is 2.21. The maximum atomic E-state index is 12.7. The van der Waals surface area contributed by atoms with Crippen LogP contribution in [0.5, 0.6) is 0 Å². The molecule has 2 aromatic carbocycles. The molecule has 1 aliphatic rings. The summed E-state index contributed by atoms with van der Waals surface area (Å²) in [6, 6.07) is 12.1. The SMILES string of the molecule is CN1CCN(C(=O)c2ccc3c(c2)[nH]c2cccc(Br)c23)CC1. The first-order valence-corrected chi connectivity index (χ1v) is 8.60. The molecule has 118 valence electrons. The van der Waals surface area contributed by atoms with E-state index < -0.39 is 0 Å². The molecule has 1 aromatic heterocycles. The number of hydrogen-bond donors (Lipinski definition) is 1. The molecule has 4 rings (SSSR count). The van der Waals surface area contributed by atoms with Crippen molar-refractivity contribution in [2.75, 3.05) is 33.2 Å². The largest absolute Gasteiger partial charge is 0.354 e. The van der Waals surface area contributed by atoms with Gasteiger partial charge in [-0.15, -0.1) is 0 Å². The summed E-state index contributed by atoms with van der Waals surface area (Å²) in [5, 5.41) is 2.31. The monoisotopic (exact) mass is 371 g/mol. The van der Waals surface area contributed by atoms with Gasteiger partial charge in [0.2, 0.25) is 0 Å². The van der Waals surface area contributed by atoms with Crippen LogP contribution in [0.25, 0.3) is 21.8 Å². The van der Waals surface area contributed by atoms with Gasteiger partial charge in [0, 0.05) is 58.0 Å². The second-order valence-electron chi connectivity index (χ2n) is 6.14. The van der Waals surface area contributed by atoms with Gasteiger partial charge in [-0.1, -0.05) is 28.1 Å². The van der Waals surface area contributed by atoms with E-state index in [-0.39, 0.29) is 5.91 Å². The maximum Gasteiger partial charge on any atom is 0.254 e.